The van der Waals surface area contributed by atoms with E-state index in [4.69, 9.17) is 24.4 Å². The van der Waals surface area contributed by atoms with Gasteiger partial charge in [-0.1, -0.05) is 44.2 Å². The van der Waals surface area contributed by atoms with Crippen LogP contribution in [-0.2, 0) is 0 Å². The molecule has 4 heteroatoms. The van der Waals surface area contributed by atoms with Gasteiger partial charge in [-0.15, -0.1) is 0 Å². The van der Waals surface area contributed by atoms with Gasteiger partial charge in [-0.3, -0.25) is 0 Å². The van der Waals surface area contributed by atoms with Crippen molar-refractivity contribution in [2.24, 2.45) is 0 Å². The van der Waals surface area contributed by atoms with Gasteiger partial charge < -0.3 is 10.2 Å². The molecule has 0 aliphatic heterocycles. The van der Waals surface area contributed by atoms with E-state index in [-0.39, 0.29) is 0 Å². The maximum atomic E-state index is 5.28. The van der Waals surface area contributed by atoms with E-state index in [0.717, 1.165) is 22.8 Å². The van der Waals surface area contributed by atoms with Crippen molar-refractivity contribution in [3.05, 3.63) is 11.4 Å². The quantitative estimate of drug-likeness (QED) is 0.409. The Bertz CT molecular complexity index is 272. The van der Waals surface area contributed by atoms with Crippen molar-refractivity contribution in [1.82, 2.24) is 10.2 Å². The van der Waals surface area contributed by atoms with Gasteiger partial charge in [0.2, 0.25) is 0 Å². The van der Waals surface area contributed by atoms with Gasteiger partial charge in [-0.25, -0.2) is 0 Å². The van der Waals surface area contributed by atoms with Crippen LogP contribution in [-0.4, -0.2) is 35.8 Å². The molecule has 0 radical (unpaired) electrons. The highest BCUT2D eigenvalue weighted by atomic mass is 32.1. The summed E-state index contributed by atoms with van der Waals surface area (Å²) in [4.78, 5) is 3.07. The molecule has 16 heavy (non-hydrogen) atoms. The second-order valence-electron chi connectivity index (χ2n) is 3.81. The number of allylic oxidation sites excluding steroid dienone is 2. The Kier molecular flexibility index (Phi) is 8.39. The van der Waals surface area contributed by atoms with Gasteiger partial charge in [0.05, 0.1) is 11.4 Å². The lowest BCUT2D eigenvalue weighted by molar-refractivity contribution is 0.416. The van der Waals surface area contributed by atoms with Gasteiger partial charge in [-0.2, -0.15) is 0 Å². The Hall–Kier alpha value is -0.480. The zero-order chi connectivity index (χ0) is 12.6. The third kappa shape index (κ3) is 5.03. The molecule has 92 valence electrons. The zero-order valence-corrected chi connectivity index (χ0v) is 12.3. The summed E-state index contributed by atoms with van der Waals surface area (Å²) >= 11 is 10.3. The Labute approximate surface area is 110 Å². The molecular formula is C12H22N2S2. The summed E-state index contributed by atoms with van der Waals surface area (Å²) in [7, 11) is 3.94. The number of unbranched alkanes of at least 4 members (excludes halogenated alkanes) is 2. The smallest absolute Gasteiger partial charge is 0.0746 e. The first-order chi connectivity index (χ1) is 7.58. The highest BCUT2D eigenvalue weighted by Gasteiger charge is 2.11. The minimum Gasteiger partial charge on any atom is -0.386 e. The topological polar surface area (TPSA) is 15.3 Å². The lowest BCUT2D eigenvalue weighted by Gasteiger charge is -2.24. The average molecular weight is 258 g/mol. The van der Waals surface area contributed by atoms with Crippen LogP contribution < -0.4 is 5.32 Å². The molecule has 0 saturated heterocycles. The summed E-state index contributed by atoms with van der Waals surface area (Å²) in [5.41, 5.74) is 1.98. The summed E-state index contributed by atoms with van der Waals surface area (Å²) in [6.07, 6.45) is 3.67. The average Bonchev–Trinajstić information content (AvgIpc) is 2.25. The highest BCUT2D eigenvalue weighted by molar-refractivity contribution is 7.81. The molecule has 0 rings (SSSR count). The molecule has 0 heterocycles. The van der Waals surface area contributed by atoms with E-state index in [1.54, 1.807) is 5.37 Å². The van der Waals surface area contributed by atoms with Crippen LogP contribution in [0.1, 0.15) is 33.1 Å². The van der Waals surface area contributed by atoms with E-state index in [9.17, 15) is 0 Å². The van der Waals surface area contributed by atoms with Gasteiger partial charge in [0, 0.05) is 30.9 Å². The Morgan fingerprint density at radius 3 is 2.38 bits per heavy atom. The van der Waals surface area contributed by atoms with Crippen molar-refractivity contribution in [2.75, 3.05) is 20.6 Å². The number of nitrogens with one attached hydrogen (secondary N) is 1. The third-order valence-electron chi connectivity index (χ3n) is 2.45. The molecule has 0 aliphatic carbocycles. The van der Waals surface area contributed by atoms with Crippen LogP contribution in [0.5, 0.6) is 0 Å². The van der Waals surface area contributed by atoms with Crippen LogP contribution in [0.25, 0.3) is 0 Å². The second kappa shape index (κ2) is 8.65. The molecule has 0 aromatic carbocycles. The van der Waals surface area contributed by atoms with Gasteiger partial charge in [-0.05, 0) is 13.3 Å². The SMILES string of the molecule is CCCCCN(C)/C(C(C)=S)=C(/C=S)NC. The van der Waals surface area contributed by atoms with Crippen molar-refractivity contribution >= 4 is 34.7 Å². The van der Waals surface area contributed by atoms with Crippen molar-refractivity contribution in [1.29, 1.82) is 0 Å². The number of hydrogen-bond acceptors (Lipinski definition) is 4. The highest BCUT2D eigenvalue weighted by Crippen LogP contribution is 2.10. The Morgan fingerprint density at radius 1 is 1.38 bits per heavy atom. The molecule has 0 saturated carbocycles. The van der Waals surface area contributed by atoms with Crippen molar-refractivity contribution in [3.63, 3.8) is 0 Å². The summed E-state index contributed by atoms with van der Waals surface area (Å²) in [5.74, 6) is 0. The Morgan fingerprint density at radius 2 is 2.00 bits per heavy atom. The Balaban J connectivity index is 4.71. The van der Waals surface area contributed by atoms with E-state index in [2.05, 4.69) is 24.2 Å². The fourth-order valence-electron chi connectivity index (χ4n) is 1.61. The molecular weight excluding hydrogens is 236 g/mol. The minimum atomic E-state index is 0.879. The molecule has 2 nitrogen and oxygen atoms in total. The standard InChI is InChI=1S/C12H22N2S2/c1-5-6-7-8-14(4)12(10(2)16)11(9-15)13-3/h9,13H,5-8H2,1-4H3/b12-11-. The lowest BCUT2D eigenvalue weighted by atomic mass is 10.2. The van der Waals surface area contributed by atoms with E-state index in [1.807, 2.05) is 14.0 Å². The van der Waals surface area contributed by atoms with Crippen LogP contribution in [0.15, 0.2) is 11.4 Å². The lowest BCUT2D eigenvalue weighted by Crippen LogP contribution is -2.28. The van der Waals surface area contributed by atoms with Crippen molar-refractivity contribution in [3.8, 4) is 0 Å². The fraction of sp³-hybridized carbons (Fsp3) is 0.667. The monoisotopic (exact) mass is 258 g/mol. The van der Waals surface area contributed by atoms with Crippen molar-refractivity contribution < 1.29 is 0 Å². The first-order valence-corrected chi connectivity index (χ1v) is 6.55. The largest absolute Gasteiger partial charge is 0.386 e. The fourth-order valence-corrected chi connectivity index (χ4v) is 2.10. The van der Waals surface area contributed by atoms with Crippen LogP contribution in [0.4, 0.5) is 0 Å². The van der Waals surface area contributed by atoms with Gasteiger partial charge in [0.1, 0.15) is 0 Å². The molecule has 0 spiro atoms. The molecule has 0 aliphatic rings. The summed E-state index contributed by atoms with van der Waals surface area (Å²) in [6.45, 7) is 5.17. The van der Waals surface area contributed by atoms with Gasteiger partial charge >= 0.3 is 0 Å². The van der Waals surface area contributed by atoms with E-state index < -0.39 is 0 Å². The minimum absolute atomic E-state index is 0.879. The number of nitrogens with zero attached hydrogens (tertiary/aromatic N) is 1. The normalized spacial score (nSPS) is 11.8. The number of hydrogen-bond donors (Lipinski definition) is 1. The summed E-state index contributed by atoms with van der Waals surface area (Å²) in [5, 5.41) is 4.75. The molecule has 0 unspecified atom stereocenters. The molecule has 0 aromatic rings. The summed E-state index contributed by atoms with van der Waals surface area (Å²) in [6, 6.07) is 0. The van der Waals surface area contributed by atoms with Crippen LogP contribution in [0, 0.1) is 0 Å². The van der Waals surface area contributed by atoms with Gasteiger partial charge in [0.15, 0.2) is 0 Å². The number of rotatable bonds is 8. The van der Waals surface area contributed by atoms with Gasteiger partial charge in [0.25, 0.3) is 0 Å². The predicted molar refractivity (Wildman–Crippen MR) is 80.2 cm³/mol. The van der Waals surface area contributed by atoms with Crippen LogP contribution in [0.2, 0.25) is 0 Å². The van der Waals surface area contributed by atoms with E-state index in [0.29, 0.717) is 0 Å². The summed E-state index contributed by atoms with van der Waals surface area (Å²) < 4.78 is 0. The first kappa shape index (κ1) is 15.5. The van der Waals surface area contributed by atoms with Crippen LogP contribution in [0.3, 0.4) is 0 Å². The maximum absolute atomic E-state index is 5.28. The molecule has 0 atom stereocenters. The molecule has 0 bridgehead atoms. The second-order valence-corrected chi connectivity index (χ2v) is 4.66. The van der Waals surface area contributed by atoms with E-state index >= 15 is 0 Å². The predicted octanol–water partition coefficient (Wildman–Crippen LogP) is 2.93. The first-order valence-electron chi connectivity index (χ1n) is 5.67. The maximum Gasteiger partial charge on any atom is 0.0746 e. The molecule has 1 N–H and O–H groups in total. The molecule has 0 amide bonds. The van der Waals surface area contributed by atoms with Crippen LogP contribution >= 0.6 is 24.4 Å². The van der Waals surface area contributed by atoms with E-state index in [1.165, 1.54) is 19.3 Å². The molecule has 0 aromatic heterocycles. The van der Waals surface area contributed by atoms with Crippen molar-refractivity contribution in [2.45, 2.75) is 33.1 Å². The third-order valence-corrected chi connectivity index (χ3v) is 2.88. The zero-order valence-electron chi connectivity index (χ0n) is 10.7. The number of thiocarbonyl (C=S) groups is 2. The molecule has 0 fully saturated rings.